The van der Waals surface area contributed by atoms with Crippen LogP contribution in [0.2, 0.25) is 0 Å². The van der Waals surface area contributed by atoms with Crippen molar-refractivity contribution in [1.82, 2.24) is 15.1 Å². The smallest absolute Gasteiger partial charge is 0.224 e. The number of rotatable bonds is 4. The van der Waals surface area contributed by atoms with Gasteiger partial charge in [-0.3, -0.25) is 9.48 Å². The van der Waals surface area contributed by atoms with Crippen LogP contribution in [0.3, 0.4) is 0 Å². The number of amides is 1. The first kappa shape index (κ1) is 17.4. The highest BCUT2D eigenvalue weighted by atomic mass is 16.7. The fourth-order valence-electron chi connectivity index (χ4n) is 3.71. The molecule has 1 aliphatic heterocycles. The van der Waals surface area contributed by atoms with Crippen LogP contribution in [0.4, 0.5) is 0 Å². The topological polar surface area (TPSA) is 65.4 Å². The van der Waals surface area contributed by atoms with Gasteiger partial charge in [-0.1, -0.05) is 6.92 Å². The highest BCUT2D eigenvalue weighted by molar-refractivity contribution is 5.79. The van der Waals surface area contributed by atoms with Crippen LogP contribution in [-0.4, -0.2) is 40.7 Å². The van der Waals surface area contributed by atoms with Gasteiger partial charge in [-0.05, 0) is 32.6 Å². The third-order valence-electron chi connectivity index (χ3n) is 5.47. The second kappa shape index (κ2) is 6.84. The number of ether oxygens (including phenoxy) is 2. The van der Waals surface area contributed by atoms with E-state index in [0.29, 0.717) is 19.6 Å². The molecule has 24 heavy (non-hydrogen) atoms. The van der Waals surface area contributed by atoms with Gasteiger partial charge >= 0.3 is 0 Å². The molecule has 1 amide bonds. The molecule has 0 radical (unpaired) electrons. The van der Waals surface area contributed by atoms with Crippen molar-refractivity contribution in [2.75, 3.05) is 13.2 Å². The molecule has 1 aliphatic carbocycles. The second-order valence-corrected chi connectivity index (χ2v) is 7.40. The maximum absolute atomic E-state index is 12.2. The van der Waals surface area contributed by atoms with Crippen molar-refractivity contribution < 1.29 is 14.3 Å². The Hall–Kier alpha value is -1.40. The Bertz CT molecular complexity index is 603. The van der Waals surface area contributed by atoms with Gasteiger partial charge in [0.05, 0.1) is 18.7 Å². The molecule has 2 aliphatic rings. The molecule has 2 heterocycles. The number of aromatic nitrogens is 2. The largest absolute Gasteiger partial charge is 0.353 e. The lowest BCUT2D eigenvalue weighted by molar-refractivity contribution is -0.191. The zero-order valence-corrected chi connectivity index (χ0v) is 15.2. The Kier molecular flexibility index (Phi) is 4.97. The second-order valence-electron chi connectivity index (χ2n) is 7.40. The summed E-state index contributed by atoms with van der Waals surface area (Å²) >= 11 is 0. The van der Waals surface area contributed by atoms with E-state index in [1.807, 2.05) is 25.6 Å². The Morgan fingerprint density at radius 1 is 1.38 bits per heavy atom. The van der Waals surface area contributed by atoms with E-state index in [0.717, 1.165) is 48.6 Å². The highest BCUT2D eigenvalue weighted by Gasteiger charge is 2.43. The minimum atomic E-state index is -0.390. The van der Waals surface area contributed by atoms with Crippen molar-refractivity contribution >= 4 is 5.91 Å². The summed E-state index contributed by atoms with van der Waals surface area (Å²) in [7, 11) is 1.90. The average Bonchev–Trinajstić information content (AvgIpc) is 3.05. The molecular weight excluding hydrogens is 306 g/mol. The minimum Gasteiger partial charge on any atom is -0.353 e. The third-order valence-corrected chi connectivity index (χ3v) is 5.47. The molecule has 6 heteroatoms. The predicted molar refractivity (Wildman–Crippen MR) is 90.6 cm³/mol. The van der Waals surface area contributed by atoms with Crippen LogP contribution >= 0.6 is 0 Å². The van der Waals surface area contributed by atoms with E-state index < -0.39 is 5.79 Å². The molecule has 1 saturated heterocycles. The lowest BCUT2D eigenvalue weighted by Crippen LogP contribution is -2.38. The number of carbonyl (C=O) groups is 1. The summed E-state index contributed by atoms with van der Waals surface area (Å²) in [5.41, 5.74) is 2.97. The van der Waals surface area contributed by atoms with Gasteiger partial charge in [0.15, 0.2) is 5.79 Å². The number of nitrogens with one attached hydrogen (secondary N) is 1. The van der Waals surface area contributed by atoms with Crippen LogP contribution in [0.15, 0.2) is 0 Å². The zero-order valence-electron chi connectivity index (χ0n) is 15.2. The van der Waals surface area contributed by atoms with E-state index in [9.17, 15) is 4.79 Å². The van der Waals surface area contributed by atoms with Crippen LogP contribution in [0.1, 0.15) is 49.6 Å². The average molecular weight is 335 g/mol. The summed E-state index contributed by atoms with van der Waals surface area (Å²) in [5.74, 6) is 0.377. The van der Waals surface area contributed by atoms with E-state index >= 15 is 0 Å². The van der Waals surface area contributed by atoms with Crippen molar-refractivity contribution in [3.63, 3.8) is 0 Å². The Morgan fingerprint density at radius 3 is 2.71 bits per heavy atom. The van der Waals surface area contributed by atoms with Crippen LogP contribution in [0, 0.1) is 19.8 Å². The zero-order chi connectivity index (χ0) is 17.3. The SMILES string of the molecule is Cc1nn(C)c(C)c1CC(=O)NCC1COC2(CCC(C)CC2)O1. The Balaban J connectivity index is 1.47. The van der Waals surface area contributed by atoms with E-state index in [4.69, 9.17) is 9.47 Å². The molecular formula is C18H29N3O3. The standard InChI is InChI=1S/C18H29N3O3/c1-12-5-7-18(8-6-12)23-11-15(24-18)10-19-17(22)9-16-13(2)20-21(4)14(16)3/h12,15H,5-11H2,1-4H3,(H,19,22). The lowest BCUT2D eigenvalue weighted by Gasteiger charge is -2.34. The fraction of sp³-hybridized carbons (Fsp3) is 0.778. The summed E-state index contributed by atoms with van der Waals surface area (Å²) in [6.45, 7) is 7.29. The van der Waals surface area contributed by atoms with E-state index in [1.54, 1.807) is 0 Å². The number of carbonyl (C=O) groups excluding carboxylic acids is 1. The fourth-order valence-corrected chi connectivity index (χ4v) is 3.71. The van der Waals surface area contributed by atoms with Gasteiger partial charge in [-0.2, -0.15) is 5.10 Å². The maximum atomic E-state index is 12.2. The molecule has 0 bridgehead atoms. The molecule has 3 rings (SSSR count). The molecule has 1 aromatic heterocycles. The summed E-state index contributed by atoms with van der Waals surface area (Å²) < 4.78 is 13.9. The molecule has 1 unspecified atom stereocenters. The van der Waals surface area contributed by atoms with Crippen molar-refractivity contribution in [3.05, 3.63) is 17.0 Å². The quantitative estimate of drug-likeness (QED) is 0.914. The van der Waals surface area contributed by atoms with E-state index in [2.05, 4.69) is 17.3 Å². The number of hydrogen-bond acceptors (Lipinski definition) is 4. The van der Waals surface area contributed by atoms with Gasteiger partial charge < -0.3 is 14.8 Å². The molecule has 1 atom stereocenters. The summed E-state index contributed by atoms with van der Waals surface area (Å²) in [4.78, 5) is 12.2. The number of aryl methyl sites for hydroxylation is 2. The Labute approximate surface area is 143 Å². The highest BCUT2D eigenvalue weighted by Crippen LogP contribution is 2.39. The monoisotopic (exact) mass is 335 g/mol. The Morgan fingerprint density at radius 2 is 2.08 bits per heavy atom. The first-order valence-electron chi connectivity index (χ1n) is 8.96. The van der Waals surface area contributed by atoms with Gasteiger partial charge in [0.2, 0.25) is 5.91 Å². The first-order chi connectivity index (χ1) is 11.4. The van der Waals surface area contributed by atoms with Crippen LogP contribution in [0.5, 0.6) is 0 Å². The lowest BCUT2D eigenvalue weighted by atomic mass is 9.86. The molecule has 2 fully saturated rings. The number of hydrogen-bond donors (Lipinski definition) is 1. The van der Waals surface area contributed by atoms with Crippen molar-refractivity contribution in [3.8, 4) is 0 Å². The van der Waals surface area contributed by atoms with Crippen LogP contribution in [0.25, 0.3) is 0 Å². The van der Waals surface area contributed by atoms with Gasteiger partial charge in [0.25, 0.3) is 0 Å². The molecule has 0 aromatic carbocycles. The van der Waals surface area contributed by atoms with Gasteiger partial charge in [-0.25, -0.2) is 0 Å². The minimum absolute atomic E-state index is 0.0102. The molecule has 1 N–H and O–H groups in total. The molecule has 1 aromatic rings. The van der Waals surface area contributed by atoms with E-state index in [1.165, 1.54) is 0 Å². The molecule has 134 valence electrons. The first-order valence-corrected chi connectivity index (χ1v) is 8.96. The summed E-state index contributed by atoms with van der Waals surface area (Å²) in [5, 5.41) is 7.34. The van der Waals surface area contributed by atoms with Gasteiger partial charge in [0, 0.05) is 37.7 Å². The third kappa shape index (κ3) is 3.64. The van der Waals surface area contributed by atoms with Gasteiger partial charge in [0.1, 0.15) is 6.10 Å². The normalized spacial score (nSPS) is 30.0. The summed E-state index contributed by atoms with van der Waals surface area (Å²) in [6, 6.07) is 0. The van der Waals surface area contributed by atoms with Crippen molar-refractivity contribution in [2.45, 2.75) is 64.8 Å². The van der Waals surface area contributed by atoms with Crippen LogP contribution < -0.4 is 5.32 Å². The number of nitrogens with zero attached hydrogens (tertiary/aromatic N) is 2. The summed E-state index contributed by atoms with van der Waals surface area (Å²) in [6.07, 6.45) is 4.55. The predicted octanol–water partition coefficient (Wildman–Crippen LogP) is 2.02. The molecule has 6 nitrogen and oxygen atoms in total. The molecule has 1 spiro atoms. The van der Waals surface area contributed by atoms with Crippen molar-refractivity contribution in [2.24, 2.45) is 13.0 Å². The molecule has 1 saturated carbocycles. The van der Waals surface area contributed by atoms with Crippen LogP contribution in [-0.2, 0) is 27.7 Å². The maximum Gasteiger partial charge on any atom is 0.224 e. The van der Waals surface area contributed by atoms with E-state index in [-0.39, 0.29) is 12.0 Å². The van der Waals surface area contributed by atoms with Gasteiger partial charge in [-0.15, -0.1) is 0 Å². The van der Waals surface area contributed by atoms with Crippen molar-refractivity contribution in [1.29, 1.82) is 0 Å².